The van der Waals surface area contributed by atoms with Gasteiger partial charge in [0, 0.05) is 18.1 Å². The highest BCUT2D eigenvalue weighted by Gasteiger charge is 2.30. The van der Waals surface area contributed by atoms with E-state index in [0.717, 1.165) is 11.3 Å². The Morgan fingerprint density at radius 1 is 0.895 bits per heavy atom. The van der Waals surface area contributed by atoms with E-state index < -0.39 is 0 Å². The smallest absolute Gasteiger partial charge is 0.0190 e. The second-order valence-electron chi connectivity index (χ2n) is 6.45. The molecule has 1 nitrogen and oxygen atoms in total. The minimum absolute atomic E-state index is 0.221. The second-order valence-corrected chi connectivity index (χ2v) is 9.26. The fourth-order valence-corrected chi connectivity index (χ4v) is 7.80. The number of H-pyrrole nitrogens is 1. The van der Waals surface area contributed by atoms with Crippen molar-refractivity contribution >= 4 is 7.92 Å². The maximum absolute atomic E-state index is 3.46. The molecule has 1 heterocycles. The third-order valence-corrected chi connectivity index (χ3v) is 8.72. The molecule has 3 rings (SSSR count). The zero-order chi connectivity index (χ0) is 12.9. The van der Waals surface area contributed by atoms with Gasteiger partial charge in [-0.15, -0.1) is 0 Å². The number of rotatable bonds is 4. The molecule has 1 N–H and O–H groups in total. The lowest BCUT2D eigenvalue weighted by Gasteiger charge is -2.38. The summed E-state index contributed by atoms with van der Waals surface area (Å²) in [5.41, 5.74) is 3.66. The standard InChI is InChI=1S/C17H28NP/c1-3-9-16(10-4-1)19(14-15-8-7-13-18-15)17-11-5-2-6-12-17/h7-8,13,16-18H,1-6,9-12,14H2. The van der Waals surface area contributed by atoms with Gasteiger partial charge in [-0.25, -0.2) is 0 Å². The van der Waals surface area contributed by atoms with Gasteiger partial charge in [0.05, 0.1) is 0 Å². The van der Waals surface area contributed by atoms with Gasteiger partial charge in [0.1, 0.15) is 0 Å². The minimum Gasteiger partial charge on any atom is -0.365 e. The molecule has 106 valence electrons. The zero-order valence-corrected chi connectivity index (χ0v) is 13.0. The molecule has 0 saturated heterocycles. The molecule has 0 radical (unpaired) electrons. The number of hydrogen-bond acceptors (Lipinski definition) is 0. The molecule has 0 atom stereocenters. The van der Waals surface area contributed by atoms with Crippen LogP contribution in [0.4, 0.5) is 0 Å². The van der Waals surface area contributed by atoms with E-state index >= 15 is 0 Å². The topological polar surface area (TPSA) is 15.8 Å². The van der Waals surface area contributed by atoms with E-state index in [0.29, 0.717) is 0 Å². The minimum atomic E-state index is 0.221. The highest BCUT2D eigenvalue weighted by molar-refractivity contribution is 7.58. The quantitative estimate of drug-likeness (QED) is 0.683. The first-order valence-electron chi connectivity index (χ1n) is 8.31. The third kappa shape index (κ3) is 3.63. The largest absolute Gasteiger partial charge is 0.365 e. The van der Waals surface area contributed by atoms with E-state index in [1.807, 2.05) is 0 Å². The summed E-state index contributed by atoms with van der Waals surface area (Å²) in [6, 6.07) is 4.48. The SMILES string of the molecule is c1c[nH]c(CP(C2CCCCC2)C2CCCCC2)c1. The second kappa shape index (κ2) is 6.93. The lowest BCUT2D eigenvalue weighted by atomic mass is 9.99. The molecule has 0 aromatic carbocycles. The average molecular weight is 277 g/mol. The summed E-state index contributed by atoms with van der Waals surface area (Å²) >= 11 is 0. The number of nitrogens with one attached hydrogen (secondary N) is 1. The fraction of sp³-hybridized carbons (Fsp3) is 0.765. The highest BCUT2D eigenvalue weighted by atomic mass is 31.1. The highest BCUT2D eigenvalue weighted by Crippen LogP contribution is 2.57. The summed E-state index contributed by atoms with van der Waals surface area (Å²) in [6.07, 6.45) is 18.6. The maximum atomic E-state index is 3.46. The normalized spacial score (nSPS) is 23.0. The Hall–Kier alpha value is -0.290. The van der Waals surface area contributed by atoms with E-state index in [9.17, 15) is 0 Å². The van der Waals surface area contributed by atoms with E-state index in [2.05, 4.69) is 23.3 Å². The van der Waals surface area contributed by atoms with Crippen molar-refractivity contribution < 1.29 is 0 Å². The molecule has 0 amide bonds. The summed E-state index contributed by atoms with van der Waals surface area (Å²) in [5, 5.41) is 0. The predicted octanol–water partition coefficient (Wildman–Crippen LogP) is 5.66. The van der Waals surface area contributed by atoms with Crippen molar-refractivity contribution in [2.45, 2.75) is 81.7 Å². The first kappa shape index (κ1) is 13.7. The molecule has 0 aliphatic heterocycles. The van der Waals surface area contributed by atoms with Crippen molar-refractivity contribution in [2.24, 2.45) is 0 Å². The van der Waals surface area contributed by atoms with Crippen molar-refractivity contribution in [1.29, 1.82) is 0 Å². The number of hydrogen-bond donors (Lipinski definition) is 1. The van der Waals surface area contributed by atoms with Gasteiger partial charge in [0.25, 0.3) is 0 Å². The van der Waals surface area contributed by atoms with Crippen LogP contribution in [-0.4, -0.2) is 16.3 Å². The van der Waals surface area contributed by atoms with Crippen LogP contribution in [0.1, 0.15) is 69.9 Å². The van der Waals surface area contributed by atoms with Gasteiger partial charge in [-0.1, -0.05) is 46.4 Å². The molecule has 2 saturated carbocycles. The Balaban J connectivity index is 1.69. The molecule has 0 spiro atoms. The fourth-order valence-electron chi connectivity index (χ4n) is 4.04. The van der Waals surface area contributed by atoms with Gasteiger partial charge in [0.2, 0.25) is 0 Å². The van der Waals surface area contributed by atoms with Crippen LogP contribution in [0.2, 0.25) is 0 Å². The average Bonchev–Trinajstić information content (AvgIpc) is 3.00. The van der Waals surface area contributed by atoms with Crippen LogP contribution in [0, 0.1) is 0 Å². The van der Waals surface area contributed by atoms with Crippen LogP contribution < -0.4 is 0 Å². The van der Waals surface area contributed by atoms with Crippen molar-refractivity contribution in [1.82, 2.24) is 4.98 Å². The van der Waals surface area contributed by atoms with Gasteiger partial charge in [-0.3, -0.25) is 0 Å². The summed E-state index contributed by atoms with van der Waals surface area (Å²) in [5.74, 6) is 0. The lowest BCUT2D eigenvalue weighted by Crippen LogP contribution is -2.21. The van der Waals surface area contributed by atoms with Crippen molar-refractivity contribution in [2.75, 3.05) is 0 Å². The first-order valence-corrected chi connectivity index (χ1v) is 9.98. The Morgan fingerprint density at radius 3 is 1.95 bits per heavy atom. The van der Waals surface area contributed by atoms with Crippen LogP contribution in [0.3, 0.4) is 0 Å². The van der Waals surface area contributed by atoms with Crippen molar-refractivity contribution in [3.8, 4) is 0 Å². The van der Waals surface area contributed by atoms with E-state index in [1.54, 1.807) is 0 Å². The predicted molar refractivity (Wildman–Crippen MR) is 85.2 cm³/mol. The molecule has 2 aliphatic carbocycles. The molecular formula is C17H28NP. The van der Waals surface area contributed by atoms with Crippen LogP contribution in [-0.2, 0) is 6.16 Å². The van der Waals surface area contributed by atoms with Gasteiger partial charge >= 0.3 is 0 Å². The molecule has 0 bridgehead atoms. The maximum Gasteiger partial charge on any atom is 0.0190 e. The Labute approximate surface area is 119 Å². The van der Waals surface area contributed by atoms with Gasteiger partial charge in [-0.05, 0) is 49.1 Å². The molecule has 0 unspecified atom stereocenters. The number of aromatic nitrogens is 1. The van der Waals surface area contributed by atoms with Crippen LogP contribution in [0.15, 0.2) is 18.3 Å². The molecular weight excluding hydrogens is 249 g/mol. The lowest BCUT2D eigenvalue weighted by molar-refractivity contribution is 0.484. The summed E-state index contributed by atoms with van der Waals surface area (Å²) in [7, 11) is 0.221. The van der Waals surface area contributed by atoms with Gasteiger partial charge < -0.3 is 4.98 Å². The Morgan fingerprint density at radius 2 is 1.47 bits per heavy atom. The van der Waals surface area contributed by atoms with Crippen LogP contribution in [0.5, 0.6) is 0 Å². The Kier molecular flexibility index (Phi) is 4.99. The Bertz CT molecular complexity index is 329. The first-order chi connectivity index (χ1) is 9.43. The van der Waals surface area contributed by atoms with Crippen LogP contribution in [0.25, 0.3) is 0 Å². The molecule has 1 aromatic rings. The third-order valence-electron chi connectivity index (χ3n) is 5.10. The molecule has 1 aromatic heterocycles. The molecule has 2 heteroatoms. The van der Waals surface area contributed by atoms with Gasteiger partial charge in [-0.2, -0.15) is 0 Å². The van der Waals surface area contributed by atoms with E-state index in [-0.39, 0.29) is 7.92 Å². The number of aromatic amines is 1. The summed E-state index contributed by atoms with van der Waals surface area (Å²) < 4.78 is 0. The molecule has 2 aliphatic rings. The van der Waals surface area contributed by atoms with E-state index in [1.165, 1.54) is 76.1 Å². The van der Waals surface area contributed by atoms with Crippen LogP contribution >= 0.6 is 7.92 Å². The summed E-state index contributed by atoms with van der Waals surface area (Å²) in [4.78, 5) is 3.46. The monoisotopic (exact) mass is 277 g/mol. The van der Waals surface area contributed by atoms with Crippen molar-refractivity contribution in [3.05, 3.63) is 24.0 Å². The van der Waals surface area contributed by atoms with Crippen molar-refractivity contribution in [3.63, 3.8) is 0 Å². The van der Waals surface area contributed by atoms with Gasteiger partial charge in [0.15, 0.2) is 0 Å². The molecule has 19 heavy (non-hydrogen) atoms. The zero-order valence-electron chi connectivity index (χ0n) is 12.1. The van der Waals surface area contributed by atoms with E-state index in [4.69, 9.17) is 0 Å². The molecule has 2 fully saturated rings. The summed E-state index contributed by atoms with van der Waals surface area (Å²) in [6.45, 7) is 0.